The number of hydrogen-bond acceptors (Lipinski definition) is 4. The van der Waals surface area contributed by atoms with E-state index in [1.54, 1.807) is 36.4 Å². The lowest BCUT2D eigenvalue weighted by Gasteiger charge is -2.18. The number of benzene rings is 2. The van der Waals surface area contributed by atoms with Gasteiger partial charge >= 0.3 is 0 Å². The molecule has 24 heavy (non-hydrogen) atoms. The molecule has 5 heteroatoms. The maximum Gasteiger partial charge on any atom is 0.220 e. The number of aliphatic carboxylic acids is 1. The van der Waals surface area contributed by atoms with Gasteiger partial charge in [-0.15, -0.1) is 0 Å². The van der Waals surface area contributed by atoms with E-state index in [2.05, 4.69) is 5.32 Å². The standard InChI is InChI=1S/C19H21NO4/c21-17(15-9-5-2-6-10-15)13-20-18(22)11-16(12-19(23)24)14-7-3-1-4-8-14/h1-10,16-17,21H,11-13H2,(H,20,22)(H,23,24)/p-1/t16-,17+/m0/s1. The largest absolute Gasteiger partial charge is 0.550 e. The molecule has 0 radical (unpaired) electrons. The Labute approximate surface area is 141 Å². The van der Waals surface area contributed by atoms with Crippen molar-refractivity contribution in [2.45, 2.75) is 24.9 Å². The Bertz CT molecular complexity index is 658. The Morgan fingerprint density at radius 2 is 1.46 bits per heavy atom. The van der Waals surface area contributed by atoms with Crippen molar-refractivity contribution in [2.75, 3.05) is 6.54 Å². The number of carboxylic acids is 1. The molecule has 5 nitrogen and oxygen atoms in total. The number of carbonyl (C=O) groups is 2. The van der Waals surface area contributed by atoms with Gasteiger partial charge in [0, 0.05) is 18.9 Å². The number of amides is 1. The Kier molecular flexibility index (Phi) is 6.51. The minimum Gasteiger partial charge on any atom is -0.550 e. The molecule has 0 fully saturated rings. The third-order valence-corrected chi connectivity index (χ3v) is 3.79. The summed E-state index contributed by atoms with van der Waals surface area (Å²) in [7, 11) is 0. The van der Waals surface area contributed by atoms with Gasteiger partial charge in [-0.05, 0) is 23.5 Å². The van der Waals surface area contributed by atoms with Crippen molar-refractivity contribution in [2.24, 2.45) is 0 Å². The second-order valence-electron chi connectivity index (χ2n) is 5.62. The molecular formula is C19H20NO4-. The van der Waals surface area contributed by atoms with Gasteiger partial charge in [0.1, 0.15) is 0 Å². The molecule has 0 aliphatic rings. The third kappa shape index (κ3) is 5.52. The maximum atomic E-state index is 12.1. The van der Waals surface area contributed by atoms with Crippen molar-refractivity contribution >= 4 is 11.9 Å². The van der Waals surface area contributed by atoms with Crippen molar-refractivity contribution in [1.82, 2.24) is 5.32 Å². The number of nitrogens with one attached hydrogen (secondary N) is 1. The topological polar surface area (TPSA) is 89.5 Å². The summed E-state index contributed by atoms with van der Waals surface area (Å²) in [6.07, 6.45) is -0.996. The number of carboxylic acid groups (broad SMARTS) is 1. The van der Waals surface area contributed by atoms with Crippen molar-refractivity contribution in [3.05, 3.63) is 71.8 Å². The van der Waals surface area contributed by atoms with Crippen molar-refractivity contribution in [1.29, 1.82) is 0 Å². The molecule has 1 amide bonds. The highest BCUT2D eigenvalue weighted by Crippen LogP contribution is 2.23. The summed E-state index contributed by atoms with van der Waals surface area (Å²) in [4.78, 5) is 23.0. The van der Waals surface area contributed by atoms with Crippen LogP contribution in [0.1, 0.15) is 36.0 Å². The molecule has 2 atom stereocenters. The Balaban J connectivity index is 1.92. The fourth-order valence-electron chi connectivity index (χ4n) is 2.53. The molecule has 0 saturated heterocycles. The fraction of sp³-hybridized carbons (Fsp3) is 0.263. The van der Waals surface area contributed by atoms with Gasteiger partial charge in [-0.25, -0.2) is 0 Å². The molecule has 0 aliphatic carbocycles. The summed E-state index contributed by atoms with van der Waals surface area (Å²) in [5.74, 6) is -1.95. The zero-order valence-electron chi connectivity index (χ0n) is 13.2. The summed E-state index contributed by atoms with van der Waals surface area (Å²) in [6.45, 7) is 0.0790. The quantitative estimate of drug-likeness (QED) is 0.761. The molecule has 126 valence electrons. The zero-order valence-corrected chi connectivity index (χ0v) is 13.2. The summed E-state index contributed by atoms with van der Waals surface area (Å²) in [5.41, 5.74) is 1.49. The Morgan fingerprint density at radius 1 is 0.917 bits per heavy atom. The van der Waals surface area contributed by atoms with Crippen LogP contribution in [0.5, 0.6) is 0 Å². The van der Waals surface area contributed by atoms with E-state index in [4.69, 9.17) is 0 Å². The van der Waals surface area contributed by atoms with E-state index in [-0.39, 0.29) is 25.3 Å². The van der Waals surface area contributed by atoms with Crippen LogP contribution in [0, 0.1) is 0 Å². The van der Waals surface area contributed by atoms with Crippen molar-refractivity contribution in [3.63, 3.8) is 0 Å². The minimum absolute atomic E-state index is 0.0273. The van der Waals surface area contributed by atoms with Gasteiger partial charge in [0.05, 0.1) is 6.10 Å². The first-order valence-electron chi connectivity index (χ1n) is 7.80. The maximum absolute atomic E-state index is 12.1. The summed E-state index contributed by atoms with van der Waals surface area (Å²) < 4.78 is 0. The zero-order chi connectivity index (χ0) is 17.4. The molecule has 0 spiro atoms. The molecule has 0 aromatic heterocycles. The first kappa shape index (κ1) is 17.7. The van der Waals surface area contributed by atoms with E-state index in [0.29, 0.717) is 5.56 Å². The smallest absolute Gasteiger partial charge is 0.220 e. The van der Waals surface area contributed by atoms with Crippen LogP contribution in [-0.2, 0) is 9.59 Å². The number of hydrogen-bond donors (Lipinski definition) is 2. The third-order valence-electron chi connectivity index (χ3n) is 3.79. The van der Waals surface area contributed by atoms with Crippen LogP contribution < -0.4 is 10.4 Å². The Morgan fingerprint density at radius 3 is 2.00 bits per heavy atom. The SMILES string of the molecule is O=C([O-])C[C@H](CC(=O)NC[C@@H](O)c1ccccc1)c1ccccc1. The molecule has 2 aromatic carbocycles. The van der Waals surface area contributed by atoms with E-state index >= 15 is 0 Å². The molecule has 2 rings (SSSR count). The van der Waals surface area contributed by atoms with Crippen LogP contribution in [0.2, 0.25) is 0 Å². The number of carbonyl (C=O) groups excluding carboxylic acids is 2. The second kappa shape index (κ2) is 8.84. The van der Waals surface area contributed by atoms with Crippen LogP contribution >= 0.6 is 0 Å². The molecule has 0 heterocycles. The molecular weight excluding hydrogens is 306 g/mol. The fourth-order valence-corrected chi connectivity index (χ4v) is 2.53. The molecule has 2 aromatic rings. The average molecular weight is 326 g/mol. The lowest BCUT2D eigenvalue weighted by atomic mass is 9.92. The highest BCUT2D eigenvalue weighted by Gasteiger charge is 2.17. The minimum atomic E-state index is -1.19. The van der Waals surface area contributed by atoms with Gasteiger partial charge in [-0.2, -0.15) is 0 Å². The summed E-state index contributed by atoms with van der Waals surface area (Å²) >= 11 is 0. The van der Waals surface area contributed by atoms with Gasteiger partial charge in [-0.3, -0.25) is 4.79 Å². The predicted molar refractivity (Wildman–Crippen MR) is 87.8 cm³/mol. The van der Waals surface area contributed by atoms with E-state index < -0.39 is 18.0 Å². The molecule has 2 N–H and O–H groups in total. The highest BCUT2D eigenvalue weighted by molar-refractivity contribution is 5.78. The van der Waals surface area contributed by atoms with Gasteiger partial charge in [-0.1, -0.05) is 60.7 Å². The van der Waals surface area contributed by atoms with E-state index in [1.165, 1.54) is 0 Å². The van der Waals surface area contributed by atoms with E-state index in [1.807, 2.05) is 24.3 Å². The first-order valence-corrected chi connectivity index (χ1v) is 7.80. The lowest BCUT2D eigenvalue weighted by molar-refractivity contribution is -0.306. The molecule has 0 bridgehead atoms. The molecule has 0 saturated carbocycles. The van der Waals surface area contributed by atoms with E-state index in [9.17, 15) is 19.8 Å². The van der Waals surface area contributed by atoms with Crippen LogP contribution in [-0.4, -0.2) is 23.5 Å². The van der Waals surface area contributed by atoms with Gasteiger partial charge < -0.3 is 20.3 Å². The summed E-state index contributed by atoms with van der Waals surface area (Å²) in [6, 6.07) is 18.0. The second-order valence-corrected chi connectivity index (χ2v) is 5.62. The van der Waals surface area contributed by atoms with Crippen LogP contribution in [0.25, 0.3) is 0 Å². The van der Waals surface area contributed by atoms with Crippen LogP contribution in [0.3, 0.4) is 0 Å². The number of aliphatic hydroxyl groups is 1. The highest BCUT2D eigenvalue weighted by atomic mass is 16.4. The summed E-state index contributed by atoms with van der Waals surface area (Å²) in [5, 5.41) is 23.6. The number of aliphatic hydroxyl groups excluding tert-OH is 1. The van der Waals surface area contributed by atoms with Gasteiger partial charge in [0.15, 0.2) is 0 Å². The predicted octanol–water partition coefficient (Wildman–Crippen LogP) is 1.15. The van der Waals surface area contributed by atoms with Crippen LogP contribution in [0.4, 0.5) is 0 Å². The van der Waals surface area contributed by atoms with E-state index in [0.717, 1.165) is 5.56 Å². The van der Waals surface area contributed by atoms with Crippen molar-refractivity contribution < 1.29 is 19.8 Å². The van der Waals surface area contributed by atoms with Crippen LogP contribution in [0.15, 0.2) is 60.7 Å². The number of rotatable bonds is 8. The van der Waals surface area contributed by atoms with Gasteiger partial charge in [0.2, 0.25) is 5.91 Å². The average Bonchev–Trinajstić information content (AvgIpc) is 2.60. The first-order chi connectivity index (χ1) is 11.6. The Hall–Kier alpha value is -2.66. The molecule has 0 aliphatic heterocycles. The van der Waals surface area contributed by atoms with Gasteiger partial charge in [0.25, 0.3) is 0 Å². The monoisotopic (exact) mass is 326 g/mol. The normalized spacial score (nSPS) is 13.0. The molecule has 0 unspecified atom stereocenters. The lowest BCUT2D eigenvalue weighted by Crippen LogP contribution is -2.31. The van der Waals surface area contributed by atoms with Crippen molar-refractivity contribution in [3.8, 4) is 0 Å².